The lowest BCUT2D eigenvalue weighted by molar-refractivity contribution is -0.410. The van der Waals surface area contributed by atoms with Crippen molar-refractivity contribution in [3.05, 3.63) is 64.5 Å². The first kappa shape index (κ1) is 20.4. The summed E-state index contributed by atoms with van der Waals surface area (Å²) in [6, 6.07) is 17.5. The number of nitrogens with two attached hydrogens (primary N) is 1. The van der Waals surface area contributed by atoms with Crippen molar-refractivity contribution in [2.45, 2.75) is 18.0 Å². The summed E-state index contributed by atoms with van der Waals surface area (Å²) in [7, 11) is 0. The van der Waals surface area contributed by atoms with Crippen molar-refractivity contribution in [3.63, 3.8) is 0 Å². The Morgan fingerprint density at radius 2 is 1.93 bits per heavy atom. The maximum Gasteiger partial charge on any atom is 0.289 e. The molecule has 3 rings (SSSR count). The number of carbonyl (C=O) groups is 1. The summed E-state index contributed by atoms with van der Waals surface area (Å²) in [5.74, 6) is 0.122. The van der Waals surface area contributed by atoms with E-state index in [0.29, 0.717) is 16.2 Å². The molecule has 6 nitrogen and oxygen atoms in total. The van der Waals surface area contributed by atoms with Gasteiger partial charge < -0.3 is 5.32 Å². The van der Waals surface area contributed by atoms with Gasteiger partial charge in [0.05, 0.1) is 11.8 Å². The van der Waals surface area contributed by atoms with Crippen molar-refractivity contribution in [1.82, 2.24) is 5.32 Å². The van der Waals surface area contributed by atoms with Crippen LogP contribution >= 0.6 is 23.1 Å². The lowest BCUT2D eigenvalue weighted by Gasteiger charge is -2.14. The minimum atomic E-state index is -0.163. The van der Waals surface area contributed by atoms with Crippen molar-refractivity contribution in [1.29, 1.82) is 10.5 Å². The third-order valence-corrected chi connectivity index (χ3v) is 6.15. The van der Waals surface area contributed by atoms with Crippen LogP contribution in [0.2, 0.25) is 0 Å². The summed E-state index contributed by atoms with van der Waals surface area (Å²) in [5.41, 5.74) is 8.09. The van der Waals surface area contributed by atoms with Crippen LogP contribution in [0.15, 0.2) is 52.9 Å². The number of benzene rings is 1. The summed E-state index contributed by atoms with van der Waals surface area (Å²) in [6.45, 7) is 1.92. The largest absolute Gasteiger partial charge is 0.349 e. The number of hydrogen-bond donors (Lipinski definition) is 2. The summed E-state index contributed by atoms with van der Waals surface area (Å²) in [4.78, 5) is 16.1. The molecule has 0 unspecified atom stereocenters. The lowest BCUT2D eigenvalue weighted by Crippen LogP contribution is -2.28. The predicted octanol–water partition coefficient (Wildman–Crippen LogP) is 3.52. The molecule has 2 aromatic heterocycles. The van der Waals surface area contributed by atoms with Gasteiger partial charge in [0.1, 0.15) is 17.7 Å². The Kier molecular flexibility index (Phi) is 6.50. The highest BCUT2D eigenvalue weighted by Crippen LogP contribution is 2.35. The molecule has 1 aromatic carbocycles. The number of rotatable bonds is 6. The van der Waals surface area contributed by atoms with Crippen LogP contribution < -0.4 is 16.0 Å². The fraction of sp³-hybridized carbons (Fsp3) is 0.143. The highest BCUT2D eigenvalue weighted by molar-refractivity contribution is 7.99. The van der Waals surface area contributed by atoms with E-state index in [1.54, 1.807) is 0 Å². The number of anilines is 1. The van der Waals surface area contributed by atoms with Gasteiger partial charge in [-0.3, -0.25) is 10.5 Å². The number of nitriles is 2. The number of nitrogen functional groups attached to an aromatic ring is 1. The fourth-order valence-electron chi connectivity index (χ4n) is 2.86. The molecule has 4 N–H and O–H groups in total. The molecule has 0 spiro atoms. The van der Waals surface area contributed by atoms with E-state index in [0.717, 1.165) is 10.4 Å². The Labute approximate surface area is 177 Å². The predicted molar refractivity (Wildman–Crippen MR) is 114 cm³/mol. The average molecular weight is 421 g/mol. The van der Waals surface area contributed by atoms with Crippen LogP contribution in [0.3, 0.4) is 0 Å². The molecule has 29 heavy (non-hydrogen) atoms. The standard InChI is InChI=1S/C21H17N5OS2/c1-13(14-6-3-2-4-7-14)25-18(27)12-29-21-16(11-23)19(17-8-5-9-28-17)15(10-22)20(24)26-21/h2-9,13H,12H2,1H3,(H2,24,26)(H,25,27)/p+1/t13-/m0/s1. The molecule has 8 heteroatoms. The van der Waals surface area contributed by atoms with Crippen molar-refractivity contribution < 1.29 is 9.78 Å². The average Bonchev–Trinajstić information content (AvgIpc) is 3.26. The molecule has 0 fully saturated rings. The monoisotopic (exact) mass is 420 g/mol. The molecule has 144 valence electrons. The highest BCUT2D eigenvalue weighted by Gasteiger charge is 2.25. The van der Waals surface area contributed by atoms with Gasteiger partial charge in [0.15, 0.2) is 10.6 Å². The molecule has 0 aliphatic heterocycles. The number of hydrogen-bond acceptors (Lipinski definition) is 6. The van der Waals surface area contributed by atoms with Gasteiger partial charge in [-0.05, 0) is 23.9 Å². The fourth-order valence-corrected chi connectivity index (χ4v) is 4.48. The molecular formula is C21H18N5OS2+. The molecule has 0 radical (unpaired) electrons. The first-order valence-electron chi connectivity index (χ1n) is 8.75. The van der Waals surface area contributed by atoms with Crippen LogP contribution in [0.5, 0.6) is 0 Å². The van der Waals surface area contributed by atoms with Crippen molar-refractivity contribution in [2.75, 3.05) is 11.5 Å². The number of thioether (sulfide) groups is 1. The SMILES string of the molecule is C[C@H](NC(=O)CSc1[nH+]c(N)c(C#N)c(-c2cccs2)c1C#N)c1ccccc1. The van der Waals surface area contributed by atoms with Crippen LogP contribution in [0, 0.1) is 22.7 Å². The van der Waals surface area contributed by atoms with Gasteiger partial charge in [0.2, 0.25) is 5.91 Å². The second-order valence-electron chi connectivity index (χ2n) is 6.18. The molecule has 0 saturated carbocycles. The number of nitrogens with zero attached hydrogens (tertiary/aromatic N) is 2. The van der Waals surface area contributed by atoms with Gasteiger partial charge in [-0.2, -0.15) is 10.5 Å². The van der Waals surface area contributed by atoms with Crippen LogP contribution in [0.1, 0.15) is 29.7 Å². The summed E-state index contributed by atoms with van der Waals surface area (Å²) in [5, 5.41) is 24.5. The molecule has 1 amide bonds. The second kappa shape index (κ2) is 9.24. The van der Waals surface area contributed by atoms with E-state index in [-0.39, 0.29) is 29.1 Å². The Morgan fingerprint density at radius 3 is 2.55 bits per heavy atom. The molecule has 0 aliphatic rings. The van der Waals surface area contributed by atoms with Gasteiger partial charge in [-0.1, -0.05) is 48.2 Å². The van der Waals surface area contributed by atoms with Crippen LogP contribution in [-0.2, 0) is 4.79 Å². The Balaban J connectivity index is 1.82. The molecule has 2 heterocycles. The van der Waals surface area contributed by atoms with Gasteiger partial charge in [0, 0.05) is 10.4 Å². The van der Waals surface area contributed by atoms with E-state index < -0.39 is 0 Å². The van der Waals surface area contributed by atoms with Crippen molar-refractivity contribution in [3.8, 4) is 22.6 Å². The van der Waals surface area contributed by atoms with E-state index >= 15 is 0 Å². The number of nitrogens with one attached hydrogen (secondary N) is 2. The van der Waals surface area contributed by atoms with Crippen molar-refractivity contribution >= 4 is 34.8 Å². The van der Waals surface area contributed by atoms with E-state index in [1.165, 1.54) is 23.1 Å². The van der Waals surface area contributed by atoms with Gasteiger partial charge in [0.25, 0.3) is 5.82 Å². The smallest absolute Gasteiger partial charge is 0.289 e. The first-order chi connectivity index (χ1) is 14.0. The minimum absolute atomic E-state index is 0.109. The minimum Gasteiger partial charge on any atom is -0.349 e. The molecule has 0 aliphatic carbocycles. The van der Waals surface area contributed by atoms with E-state index in [2.05, 4.69) is 22.4 Å². The number of carbonyl (C=O) groups excluding carboxylic acids is 1. The summed E-state index contributed by atoms with van der Waals surface area (Å²) in [6.07, 6.45) is 0. The van der Waals surface area contributed by atoms with Crippen molar-refractivity contribution in [2.24, 2.45) is 0 Å². The third kappa shape index (κ3) is 4.57. The summed E-state index contributed by atoms with van der Waals surface area (Å²) >= 11 is 2.61. The number of H-pyrrole nitrogens is 1. The quantitative estimate of drug-likeness (QED) is 0.592. The third-order valence-electron chi connectivity index (χ3n) is 4.26. The molecule has 1 atom stereocenters. The van der Waals surface area contributed by atoms with Crippen LogP contribution in [-0.4, -0.2) is 11.7 Å². The number of amides is 1. The molecule has 3 aromatic rings. The number of pyridine rings is 1. The normalized spacial score (nSPS) is 11.3. The highest BCUT2D eigenvalue weighted by atomic mass is 32.2. The zero-order valence-corrected chi connectivity index (χ0v) is 17.2. The van der Waals surface area contributed by atoms with Crippen LogP contribution in [0.25, 0.3) is 10.4 Å². The molecular weight excluding hydrogens is 402 g/mol. The maximum absolute atomic E-state index is 12.4. The Hall–Kier alpha value is -3.33. The lowest BCUT2D eigenvalue weighted by atomic mass is 10.0. The van der Waals surface area contributed by atoms with Gasteiger partial charge in [-0.25, -0.2) is 4.98 Å². The number of thiophene rings is 1. The van der Waals surface area contributed by atoms with E-state index in [4.69, 9.17) is 5.73 Å². The number of aromatic amines is 1. The second-order valence-corrected chi connectivity index (χ2v) is 8.12. The van der Waals surface area contributed by atoms with Crippen LogP contribution in [0.4, 0.5) is 5.82 Å². The zero-order chi connectivity index (χ0) is 20.8. The van der Waals surface area contributed by atoms with E-state index in [9.17, 15) is 15.3 Å². The number of aromatic nitrogens is 1. The molecule has 0 saturated heterocycles. The zero-order valence-electron chi connectivity index (χ0n) is 15.6. The maximum atomic E-state index is 12.4. The first-order valence-corrected chi connectivity index (χ1v) is 10.6. The Morgan fingerprint density at radius 1 is 1.21 bits per heavy atom. The summed E-state index contributed by atoms with van der Waals surface area (Å²) < 4.78 is 0. The van der Waals surface area contributed by atoms with Gasteiger partial charge in [-0.15, -0.1) is 11.3 Å². The molecule has 0 bridgehead atoms. The van der Waals surface area contributed by atoms with E-state index in [1.807, 2.05) is 54.8 Å². The van der Waals surface area contributed by atoms with Gasteiger partial charge >= 0.3 is 0 Å². The topological polar surface area (TPSA) is 117 Å². The Bertz CT molecular complexity index is 1100.